The van der Waals surface area contributed by atoms with Crippen molar-refractivity contribution in [3.05, 3.63) is 18.2 Å². The zero-order chi connectivity index (χ0) is 12.2. The minimum absolute atomic E-state index is 0.00323. The smallest absolute Gasteiger partial charge is 0.235 e. The van der Waals surface area contributed by atoms with Gasteiger partial charge in [-0.3, -0.25) is 4.72 Å². The number of methoxy groups -OCH3 is 1. The average molecular weight is 246 g/mol. The van der Waals surface area contributed by atoms with Gasteiger partial charge in [0.25, 0.3) is 0 Å². The van der Waals surface area contributed by atoms with Crippen molar-refractivity contribution in [2.75, 3.05) is 29.9 Å². The van der Waals surface area contributed by atoms with Gasteiger partial charge >= 0.3 is 0 Å². The van der Waals surface area contributed by atoms with Crippen molar-refractivity contribution in [3.8, 4) is 5.75 Å². The van der Waals surface area contributed by atoms with E-state index in [-0.39, 0.29) is 29.5 Å². The Kier molecular flexibility index (Phi) is 3.97. The van der Waals surface area contributed by atoms with Crippen molar-refractivity contribution in [2.45, 2.75) is 0 Å². The second-order valence-electron chi connectivity index (χ2n) is 3.15. The first-order chi connectivity index (χ1) is 7.46. The van der Waals surface area contributed by atoms with E-state index >= 15 is 0 Å². The first kappa shape index (κ1) is 12.6. The molecule has 0 unspecified atom stereocenters. The van der Waals surface area contributed by atoms with E-state index < -0.39 is 10.0 Å². The normalized spacial score (nSPS) is 11.3. The van der Waals surface area contributed by atoms with Gasteiger partial charge in [-0.15, -0.1) is 0 Å². The van der Waals surface area contributed by atoms with Crippen LogP contribution in [0.3, 0.4) is 0 Å². The van der Waals surface area contributed by atoms with Crippen LogP contribution in [0.5, 0.6) is 5.75 Å². The van der Waals surface area contributed by atoms with Gasteiger partial charge in [0.1, 0.15) is 5.75 Å². The number of para-hydroxylation sites is 1. The van der Waals surface area contributed by atoms with Crippen LogP contribution in [0, 0.1) is 0 Å². The largest absolute Gasteiger partial charge is 0.506 e. The Morgan fingerprint density at radius 3 is 2.81 bits per heavy atom. The lowest BCUT2D eigenvalue weighted by atomic mass is 10.2. The molecule has 0 aliphatic rings. The maximum absolute atomic E-state index is 11.5. The molecule has 1 aromatic carbocycles. The van der Waals surface area contributed by atoms with Gasteiger partial charge in [0.15, 0.2) is 0 Å². The van der Waals surface area contributed by atoms with Crippen molar-refractivity contribution in [1.29, 1.82) is 0 Å². The molecule has 0 amide bonds. The van der Waals surface area contributed by atoms with Crippen LogP contribution in [0.1, 0.15) is 0 Å². The fourth-order valence-electron chi connectivity index (χ4n) is 1.05. The van der Waals surface area contributed by atoms with Crippen LogP contribution in [-0.4, -0.2) is 33.0 Å². The zero-order valence-electron chi connectivity index (χ0n) is 8.80. The monoisotopic (exact) mass is 246 g/mol. The number of hydrogen-bond acceptors (Lipinski definition) is 5. The summed E-state index contributed by atoms with van der Waals surface area (Å²) in [6, 6.07) is 4.35. The predicted octanol–water partition coefficient (Wildman–Crippen LogP) is 0.362. The number of aromatic hydroxyl groups is 1. The summed E-state index contributed by atoms with van der Waals surface area (Å²) in [5.41, 5.74) is 5.68. The number of anilines is 2. The number of nitrogen functional groups attached to an aromatic ring is 1. The quantitative estimate of drug-likeness (QED) is 0.514. The third kappa shape index (κ3) is 3.28. The Morgan fingerprint density at radius 1 is 1.50 bits per heavy atom. The number of nitrogens with two attached hydrogens (primary N) is 1. The Balaban J connectivity index is 2.84. The Hall–Kier alpha value is -1.47. The first-order valence-electron chi connectivity index (χ1n) is 4.53. The molecule has 0 aliphatic carbocycles. The molecule has 0 bridgehead atoms. The maximum Gasteiger partial charge on any atom is 0.235 e. The number of sulfonamides is 1. The Morgan fingerprint density at radius 2 is 2.19 bits per heavy atom. The van der Waals surface area contributed by atoms with E-state index in [9.17, 15) is 13.5 Å². The molecule has 0 saturated heterocycles. The van der Waals surface area contributed by atoms with Crippen molar-refractivity contribution in [3.63, 3.8) is 0 Å². The van der Waals surface area contributed by atoms with Gasteiger partial charge in [-0.2, -0.15) is 0 Å². The number of ether oxygens (including phenoxy) is 1. The van der Waals surface area contributed by atoms with E-state index in [0.29, 0.717) is 0 Å². The standard InChI is InChI=1S/C9H14N2O4S/c1-15-5-6-16(13,14)11-7-3-2-4-8(12)9(7)10/h2-4,11-12H,5-6,10H2,1H3. The van der Waals surface area contributed by atoms with Gasteiger partial charge in [0.2, 0.25) is 10.0 Å². The Labute approximate surface area is 94.1 Å². The third-order valence-corrected chi connectivity index (χ3v) is 3.14. The lowest BCUT2D eigenvalue weighted by Gasteiger charge is -2.10. The Bertz CT molecular complexity index is 459. The van der Waals surface area contributed by atoms with Crippen molar-refractivity contribution in [1.82, 2.24) is 0 Å². The van der Waals surface area contributed by atoms with Crippen molar-refractivity contribution < 1.29 is 18.3 Å². The number of phenolic OH excluding ortho intramolecular Hbond substituents is 1. The van der Waals surface area contributed by atoms with Crippen LogP contribution in [0.4, 0.5) is 11.4 Å². The fraction of sp³-hybridized carbons (Fsp3) is 0.333. The molecule has 6 nitrogen and oxygen atoms in total. The number of nitrogens with one attached hydrogen (secondary N) is 1. The SMILES string of the molecule is COCCS(=O)(=O)Nc1cccc(O)c1N. The maximum atomic E-state index is 11.5. The summed E-state index contributed by atoms with van der Waals surface area (Å²) in [4.78, 5) is 0. The van der Waals surface area contributed by atoms with E-state index in [4.69, 9.17) is 5.73 Å². The zero-order valence-corrected chi connectivity index (χ0v) is 9.62. The van der Waals surface area contributed by atoms with Crippen molar-refractivity contribution >= 4 is 21.4 Å². The lowest BCUT2D eigenvalue weighted by molar-refractivity contribution is 0.217. The molecule has 1 aromatic rings. The molecule has 16 heavy (non-hydrogen) atoms. The molecule has 0 heterocycles. The second-order valence-corrected chi connectivity index (χ2v) is 4.99. The predicted molar refractivity (Wildman–Crippen MR) is 61.8 cm³/mol. The summed E-state index contributed by atoms with van der Waals surface area (Å²) in [6.07, 6.45) is 0. The summed E-state index contributed by atoms with van der Waals surface area (Å²) < 4.78 is 29.9. The molecule has 7 heteroatoms. The molecule has 0 atom stereocenters. The number of hydrogen-bond donors (Lipinski definition) is 3. The lowest BCUT2D eigenvalue weighted by Crippen LogP contribution is -2.20. The van der Waals surface area contributed by atoms with Gasteiger partial charge in [-0.1, -0.05) is 6.07 Å². The molecule has 0 radical (unpaired) electrons. The minimum Gasteiger partial charge on any atom is -0.506 e. The minimum atomic E-state index is -3.50. The number of rotatable bonds is 5. The van der Waals surface area contributed by atoms with E-state index in [1.54, 1.807) is 0 Å². The molecule has 90 valence electrons. The summed E-state index contributed by atoms with van der Waals surface area (Å²) in [6.45, 7) is 0.0913. The van der Waals surface area contributed by atoms with Crippen LogP contribution >= 0.6 is 0 Å². The molecule has 0 spiro atoms. The van der Waals surface area contributed by atoms with E-state index in [1.807, 2.05) is 0 Å². The first-order valence-corrected chi connectivity index (χ1v) is 6.18. The van der Waals surface area contributed by atoms with E-state index in [2.05, 4.69) is 9.46 Å². The van der Waals surface area contributed by atoms with Crippen LogP contribution in [0.25, 0.3) is 0 Å². The molecular formula is C9H14N2O4S. The summed E-state index contributed by atoms with van der Waals surface area (Å²) in [5, 5.41) is 9.29. The fourth-order valence-corrected chi connectivity index (χ4v) is 2.05. The van der Waals surface area contributed by atoms with Crippen LogP contribution in [0.15, 0.2) is 18.2 Å². The number of phenols is 1. The van der Waals surface area contributed by atoms with Gasteiger partial charge in [-0.05, 0) is 12.1 Å². The molecular weight excluding hydrogens is 232 g/mol. The van der Waals surface area contributed by atoms with E-state index in [1.165, 1.54) is 25.3 Å². The highest BCUT2D eigenvalue weighted by atomic mass is 32.2. The highest BCUT2D eigenvalue weighted by Gasteiger charge is 2.12. The molecule has 1 rings (SSSR count). The molecule has 0 aromatic heterocycles. The van der Waals surface area contributed by atoms with Gasteiger partial charge in [0, 0.05) is 7.11 Å². The van der Waals surface area contributed by atoms with Crippen molar-refractivity contribution in [2.24, 2.45) is 0 Å². The summed E-state index contributed by atoms with van der Waals surface area (Å²) >= 11 is 0. The molecule has 0 saturated carbocycles. The molecule has 4 N–H and O–H groups in total. The van der Waals surface area contributed by atoms with Gasteiger partial charge in [-0.25, -0.2) is 8.42 Å². The highest BCUT2D eigenvalue weighted by Crippen LogP contribution is 2.28. The van der Waals surface area contributed by atoms with Crippen LogP contribution in [0.2, 0.25) is 0 Å². The second kappa shape index (κ2) is 5.04. The summed E-state index contributed by atoms with van der Waals surface area (Å²) in [7, 11) is -2.09. The average Bonchev–Trinajstić information content (AvgIpc) is 2.22. The highest BCUT2D eigenvalue weighted by molar-refractivity contribution is 7.92. The van der Waals surface area contributed by atoms with Gasteiger partial charge in [0.05, 0.1) is 23.7 Å². The molecule has 0 fully saturated rings. The topological polar surface area (TPSA) is 102 Å². The van der Waals surface area contributed by atoms with E-state index in [0.717, 1.165) is 0 Å². The van der Waals surface area contributed by atoms with Crippen LogP contribution < -0.4 is 10.5 Å². The third-order valence-electron chi connectivity index (χ3n) is 1.90. The molecule has 0 aliphatic heterocycles. The number of benzene rings is 1. The van der Waals surface area contributed by atoms with Gasteiger partial charge < -0.3 is 15.6 Å². The summed E-state index contributed by atoms with van der Waals surface area (Å²) in [5.74, 6) is -0.328. The van der Waals surface area contributed by atoms with Crippen LogP contribution in [-0.2, 0) is 14.8 Å².